The lowest BCUT2D eigenvalue weighted by atomic mass is 10.3. The molecule has 9 heteroatoms. The molecule has 0 aliphatic rings. The van der Waals surface area contributed by atoms with E-state index < -0.39 is 0 Å². The fraction of sp³-hybridized carbons (Fsp3) is 0.200. The Hall–Kier alpha value is -1.90. The highest BCUT2D eigenvalue weighted by Crippen LogP contribution is 2.31. The van der Waals surface area contributed by atoms with Crippen LogP contribution in [0, 0.1) is 6.92 Å². The summed E-state index contributed by atoms with van der Waals surface area (Å²) in [4.78, 5) is 22.4. The zero-order valence-electron chi connectivity index (χ0n) is 13.0. The fourth-order valence-corrected chi connectivity index (χ4v) is 3.86. The van der Waals surface area contributed by atoms with Crippen molar-refractivity contribution in [2.75, 3.05) is 4.90 Å². The van der Waals surface area contributed by atoms with E-state index >= 15 is 0 Å². The van der Waals surface area contributed by atoms with Crippen LogP contribution in [0.25, 0.3) is 0 Å². The molecule has 0 aliphatic heterocycles. The third-order valence-corrected chi connectivity index (χ3v) is 5.06. The number of amides is 1. The summed E-state index contributed by atoms with van der Waals surface area (Å²) in [6.45, 7) is 3.37. The van der Waals surface area contributed by atoms with Gasteiger partial charge < -0.3 is 0 Å². The van der Waals surface area contributed by atoms with Gasteiger partial charge >= 0.3 is 0 Å². The van der Waals surface area contributed by atoms with Crippen LogP contribution in [-0.2, 0) is 10.5 Å². The Balaban J connectivity index is 1.76. The van der Waals surface area contributed by atoms with Crippen LogP contribution in [0.5, 0.6) is 0 Å². The van der Waals surface area contributed by atoms with Crippen molar-refractivity contribution in [3.8, 4) is 0 Å². The van der Waals surface area contributed by atoms with Crippen molar-refractivity contribution in [1.82, 2.24) is 20.2 Å². The highest BCUT2D eigenvalue weighted by molar-refractivity contribution is 7.98. The molecule has 0 saturated carbocycles. The van der Waals surface area contributed by atoms with Gasteiger partial charge in [-0.15, -0.1) is 16.4 Å². The molecule has 0 atom stereocenters. The van der Waals surface area contributed by atoms with Crippen LogP contribution in [0.3, 0.4) is 0 Å². The molecule has 3 rings (SSSR count). The summed E-state index contributed by atoms with van der Waals surface area (Å²) in [5, 5.41) is 10.8. The molecule has 0 radical (unpaired) electrons. The second-order valence-electron chi connectivity index (χ2n) is 4.94. The molecule has 0 aliphatic carbocycles. The number of hydrogen-bond donors (Lipinski definition) is 1. The van der Waals surface area contributed by atoms with Crippen molar-refractivity contribution in [3.05, 3.63) is 46.2 Å². The predicted octanol–water partition coefficient (Wildman–Crippen LogP) is 4.20. The van der Waals surface area contributed by atoms with Crippen LogP contribution in [0.2, 0.25) is 5.02 Å². The molecule has 2 heterocycles. The average molecular weight is 380 g/mol. The van der Waals surface area contributed by atoms with E-state index in [0.29, 0.717) is 21.1 Å². The second kappa shape index (κ2) is 7.33. The fourth-order valence-electron chi connectivity index (χ4n) is 2.01. The Labute approximate surface area is 152 Å². The van der Waals surface area contributed by atoms with Crippen LogP contribution in [0.1, 0.15) is 18.4 Å². The number of H-pyrrole nitrogens is 1. The van der Waals surface area contributed by atoms with Crippen molar-refractivity contribution >= 4 is 51.4 Å². The maximum Gasteiger partial charge on any atom is 0.230 e. The SMILES string of the molecule is CC(=O)N(c1ccc(Cl)cc1)c1nc(CSc2n[nH]c(C)n2)cs1. The maximum atomic E-state index is 12.1. The predicted molar refractivity (Wildman–Crippen MR) is 97.1 cm³/mol. The van der Waals surface area contributed by atoms with Crippen LogP contribution in [-0.4, -0.2) is 26.1 Å². The van der Waals surface area contributed by atoms with Crippen LogP contribution >= 0.6 is 34.7 Å². The Morgan fingerprint density at radius 2 is 2.08 bits per heavy atom. The lowest BCUT2D eigenvalue weighted by Crippen LogP contribution is -2.22. The minimum absolute atomic E-state index is 0.101. The molecule has 1 N–H and O–H groups in total. The molecule has 2 aromatic heterocycles. The third-order valence-electron chi connectivity index (χ3n) is 3.06. The van der Waals surface area contributed by atoms with Crippen molar-refractivity contribution < 1.29 is 4.79 Å². The molecule has 24 heavy (non-hydrogen) atoms. The molecule has 3 aromatic rings. The number of hydrogen-bond acceptors (Lipinski definition) is 6. The zero-order valence-corrected chi connectivity index (χ0v) is 15.4. The van der Waals surface area contributed by atoms with Crippen LogP contribution in [0.4, 0.5) is 10.8 Å². The van der Waals surface area contributed by atoms with Gasteiger partial charge in [-0.3, -0.25) is 14.8 Å². The monoisotopic (exact) mass is 379 g/mol. The molecular formula is C15H14ClN5OS2. The molecule has 1 amide bonds. The Morgan fingerprint density at radius 1 is 1.33 bits per heavy atom. The first-order valence-corrected chi connectivity index (χ1v) is 9.30. The summed E-state index contributed by atoms with van der Waals surface area (Å²) in [5.41, 5.74) is 1.62. The molecule has 1 aromatic carbocycles. The van der Waals surface area contributed by atoms with E-state index in [1.54, 1.807) is 29.2 Å². The molecular weight excluding hydrogens is 366 g/mol. The number of benzene rings is 1. The number of aromatic nitrogens is 4. The van der Waals surface area contributed by atoms with Gasteiger partial charge in [0, 0.05) is 23.1 Å². The number of rotatable bonds is 5. The van der Waals surface area contributed by atoms with Crippen LogP contribution in [0.15, 0.2) is 34.8 Å². The van der Waals surface area contributed by atoms with Crippen molar-refractivity contribution in [2.45, 2.75) is 24.8 Å². The van der Waals surface area contributed by atoms with E-state index in [-0.39, 0.29) is 5.91 Å². The number of nitrogens with zero attached hydrogens (tertiary/aromatic N) is 4. The largest absolute Gasteiger partial charge is 0.274 e. The van der Waals surface area contributed by atoms with Gasteiger partial charge in [0.1, 0.15) is 5.82 Å². The maximum absolute atomic E-state index is 12.1. The molecule has 0 spiro atoms. The summed E-state index contributed by atoms with van der Waals surface area (Å²) < 4.78 is 0. The highest BCUT2D eigenvalue weighted by atomic mass is 35.5. The zero-order chi connectivity index (χ0) is 17.1. The van der Waals surface area contributed by atoms with Gasteiger partial charge in [-0.1, -0.05) is 23.4 Å². The molecule has 0 fully saturated rings. The summed E-state index contributed by atoms with van der Waals surface area (Å²) in [7, 11) is 0. The van der Waals surface area contributed by atoms with Crippen LogP contribution < -0.4 is 4.90 Å². The summed E-state index contributed by atoms with van der Waals surface area (Å²) in [5.74, 6) is 1.32. The smallest absolute Gasteiger partial charge is 0.230 e. The number of carbonyl (C=O) groups excluding carboxylic acids is 1. The quantitative estimate of drug-likeness (QED) is 0.672. The number of thioether (sulfide) groups is 1. The van der Waals surface area contributed by atoms with E-state index in [9.17, 15) is 4.79 Å². The van der Waals surface area contributed by atoms with Gasteiger partial charge in [-0.2, -0.15) is 0 Å². The Kier molecular flexibility index (Phi) is 5.17. The molecule has 0 bridgehead atoms. The van der Waals surface area contributed by atoms with E-state index in [1.165, 1.54) is 30.0 Å². The Bertz CT molecular complexity index is 846. The molecule has 0 unspecified atom stereocenters. The van der Waals surface area contributed by atoms with Gasteiger partial charge in [0.15, 0.2) is 5.13 Å². The summed E-state index contributed by atoms with van der Waals surface area (Å²) in [6.07, 6.45) is 0. The van der Waals surface area contributed by atoms with Gasteiger partial charge in [0.25, 0.3) is 0 Å². The average Bonchev–Trinajstić information content (AvgIpc) is 3.16. The number of halogens is 1. The number of thiazole rings is 1. The van der Waals surface area contributed by atoms with Gasteiger partial charge in [-0.25, -0.2) is 9.97 Å². The minimum atomic E-state index is -0.101. The molecule has 0 saturated heterocycles. The van der Waals surface area contributed by atoms with E-state index in [0.717, 1.165) is 17.2 Å². The second-order valence-corrected chi connectivity index (χ2v) is 7.16. The Morgan fingerprint density at radius 3 is 2.71 bits per heavy atom. The summed E-state index contributed by atoms with van der Waals surface area (Å²) in [6, 6.07) is 7.11. The minimum Gasteiger partial charge on any atom is -0.274 e. The van der Waals surface area contributed by atoms with E-state index in [4.69, 9.17) is 11.6 Å². The first-order valence-electron chi connectivity index (χ1n) is 7.05. The van der Waals surface area contributed by atoms with Gasteiger partial charge in [0.2, 0.25) is 11.1 Å². The number of aryl methyl sites for hydroxylation is 1. The lowest BCUT2D eigenvalue weighted by Gasteiger charge is -2.17. The molecule has 124 valence electrons. The number of carbonyl (C=O) groups is 1. The molecule has 6 nitrogen and oxygen atoms in total. The number of anilines is 2. The standard InChI is InChI=1S/C15H14ClN5OS2/c1-9-17-14(20-19-9)23-7-12-8-24-15(18-12)21(10(2)22)13-5-3-11(16)4-6-13/h3-6,8H,7H2,1-2H3,(H,17,19,20). The van der Waals surface area contributed by atoms with Crippen molar-refractivity contribution in [3.63, 3.8) is 0 Å². The first-order chi connectivity index (χ1) is 11.5. The van der Waals surface area contributed by atoms with Gasteiger partial charge in [-0.05, 0) is 31.2 Å². The van der Waals surface area contributed by atoms with Crippen molar-refractivity contribution in [1.29, 1.82) is 0 Å². The summed E-state index contributed by atoms with van der Waals surface area (Å²) >= 11 is 8.83. The van der Waals surface area contributed by atoms with Gasteiger partial charge in [0.05, 0.1) is 11.4 Å². The van der Waals surface area contributed by atoms with Crippen molar-refractivity contribution in [2.24, 2.45) is 0 Å². The first kappa shape index (κ1) is 16.9. The lowest BCUT2D eigenvalue weighted by molar-refractivity contribution is -0.115. The third kappa shape index (κ3) is 3.95. The highest BCUT2D eigenvalue weighted by Gasteiger charge is 2.18. The van der Waals surface area contributed by atoms with E-state index in [1.807, 2.05) is 12.3 Å². The number of nitrogens with one attached hydrogen (secondary N) is 1. The topological polar surface area (TPSA) is 74.8 Å². The number of aromatic amines is 1. The van der Waals surface area contributed by atoms with E-state index in [2.05, 4.69) is 20.2 Å². The normalized spacial score (nSPS) is 10.8.